The molecule has 262 valence electrons. The number of allylic oxidation sites excluding steroid dienone is 4. The second kappa shape index (κ2) is 30.6. The third kappa shape index (κ3) is 23.5. The molecule has 0 unspecified atom stereocenters. The zero-order valence-corrected chi connectivity index (χ0v) is 32.6. The third-order valence-electron chi connectivity index (χ3n) is 8.00. The molecular formula is C38H61NaO7S. The fourth-order valence-corrected chi connectivity index (χ4v) is 5.93. The Hall–Kier alpha value is -1.45. The van der Waals surface area contributed by atoms with E-state index in [0.29, 0.717) is 12.8 Å². The molecule has 0 aromatic heterocycles. The van der Waals surface area contributed by atoms with Gasteiger partial charge in [0.25, 0.3) is 0 Å². The van der Waals surface area contributed by atoms with Crippen molar-refractivity contribution in [1.82, 2.24) is 0 Å². The molecule has 0 radical (unpaired) electrons. The summed E-state index contributed by atoms with van der Waals surface area (Å²) in [5.41, 5.74) is -0.824. The fraction of sp³-hybridized carbons (Fsp3) is 0.684. The van der Waals surface area contributed by atoms with E-state index in [1.54, 1.807) is 0 Å². The van der Waals surface area contributed by atoms with Gasteiger partial charge in [-0.25, -0.2) is 18.0 Å². The quantitative estimate of drug-likeness (QED) is 0.0280. The van der Waals surface area contributed by atoms with Crippen LogP contribution in [0.25, 0.3) is 0 Å². The monoisotopic (exact) mass is 684 g/mol. The van der Waals surface area contributed by atoms with Crippen LogP contribution in [0.3, 0.4) is 0 Å². The van der Waals surface area contributed by atoms with Crippen molar-refractivity contribution >= 4 is 22.1 Å². The van der Waals surface area contributed by atoms with E-state index in [1.165, 1.54) is 102 Å². The number of hydrogen-bond acceptors (Lipinski definition) is 7. The van der Waals surface area contributed by atoms with Gasteiger partial charge in [0.2, 0.25) is 0 Å². The maximum atomic E-state index is 12.9. The average molecular weight is 685 g/mol. The standard InChI is InChI=1S/C38H62O7S.Na/c1-3-5-7-9-11-13-15-17-19-21-23-25-27-32-44-37(39)34-30-29-31-35(46(41,42)43)36(34)38(40)45-33-28-26-24-22-20-18-16-14-12-10-8-6-4-2;/h19-22,29-31H,3-18,23-28,32-33H2,1-2H3,(H,41,42,43);/q;+1/p-1/b21-19+,22-20+;. The van der Waals surface area contributed by atoms with Gasteiger partial charge in [-0.15, -0.1) is 0 Å². The third-order valence-corrected chi connectivity index (χ3v) is 8.88. The smallest absolute Gasteiger partial charge is 0.744 e. The molecule has 0 saturated carbocycles. The summed E-state index contributed by atoms with van der Waals surface area (Å²) in [6.07, 6.45) is 33.5. The summed E-state index contributed by atoms with van der Waals surface area (Å²) in [6.45, 7) is 4.63. The summed E-state index contributed by atoms with van der Waals surface area (Å²) >= 11 is 0. The maximum Gasteiger partial charge on any atom is 1.00 e. The van der Waals surface area contributed by atoms with Crippen LogP contribution >= 0.6 is 0 Å². The van der Waals surface area contributed by atoms with Gasteiger partial charge in [0.05, 0.1) is 29.2 Å². The van der Waals surface area contributed by atoms with Gasteiger partial charge in [0, 0.05) is 0 Å². The zero-order chi connectivity index (χ0) is 33.7. The van der Waals surface area contributed by atoms with Crippen LogP contribution < -0.4 is 29.6 Å². The van der Waals surface area contributed by atoms with Gasteiger partial charge in [0.1, 0.15) is 10.1 Å². The number of rotatable bonds is 29. The second-order valence-corrected chi connectivity index (χ2v) is 13.5. The maximum absolute atomic E-state index is 12.9. The van der Waals surface area contributed by atoms with Crippen LogP contribution in [0, 0.1) is 0 Å². The summed E-state index contributed by atoms with van der Waals surface area (Å²) in [5.74, 6) is -1.86. The minimum absolute atomic E-state index is 0. The Morgan fingerprint density at radius 1 is 0.596 bits per heavy atom. The Labute approximate surface area is 308 Å². The Balaban J connectivity index is 0.0000212. The van der Waals surface area contributed by atoms with Gasteiger partial charge in [-0.2, -0.15) is 0 Å². The number of carbonyl (C=O) groups is 2. The molecule has 7 nitrogen and oxygen atoms in total. The number of ether oxygens (including phenoxy) is 2. The average Bonchev–Trinajstić information content (AvgIpc) is 3.04. The van der Waals surface area contributed by atoms with Crippen molar-refractivity contribution in [3.05, 3.63) is 53.6 Å². The predicted octanol–water partition coefficient (Wildman–Crippen LogP) is 7.64. The van der Waals surface area contributed by atoms with E-state index in [0.717, 1.165) is 44.6 Å². The van der Waals surface area contributed by atoms with Gasteiger partial charge < -0.3 is 14.0 Å². The van der Waals surface area contributed by atoms with E-state index in [4.69, 9.17) is 9.47 Å². The van der Waals surface area contributed by atoms with E-state index in [1.807, 2.05) is 0 Å². The van der Waals surface area contributed by atoms with Crippen molar-refractivity contribution in [2.24, 2.45) is 0 Å². The van der Waals surface area contributed by atoms with Crippen LogP contribution in [0.2, 0.25) is 0 Å². The Morgan fingerprint density at radius 2 is 0.979 bits per heavy atom. The fourth-order valence-electron chi connectivity index (χ4n) is 5.24. The molecule has 0 fully saturated rings. The van der Waals surface area contributed by atoms with Crippen LogP contribution in [0.5, 0.6) is 0 Å². The Morgan fingerprint density at radius 3 is 1.40 bits per heavy atom. The minimum Gasteiger partial charge on any atom is -0.744 e. The molecule has 0 saturated heterocycles. The topological polar surface area (TPSA) is 110 Å². The van der Waals surface area contributed by atoms with Crippen molar-refractivity contribution in [1.29, 1.82) is 0 Å². The molecule has 1 aromatic rings. The van der Waals surface area contributed by atoms with Crippen molar-refractivity contribution in [3.63, 3.8) is 0 Å². The minimum atomic E-state index is -5.02. The molecule has 0 aliphatic heterocycles. The molecule has 0 aliphatic carbocycles. The zero-order valence-electron chi connectivity index (χ0n) is 29.8. The first-order valence-corrected chi connectivity index (χ1v) is 19.5. The number of unbranched alkanes of at least 4 members (excludes halogenated alkanes) is 18. The molecule has 0 atom stereocenters. The van der Waals surface area contributed by atoms with Gasteiger partial charge in [0.15, 0.2) is 0 Å². The number of benzene rings is 1. The summed E-state index contributed by atoms with van der Waals surface area (Å²) in [7, 11) is -5.02. The van der Waals surface area contributed by atoms with E-state index in [9.17, 15) is 22.6 Å². The normalized spacial score (nSPS) is 11.6. The molecule has 0 bridgehead atoms. The molecule has 9 heteroatoms. The van der Waals surface area contributed by atoms with Gasteiger partial charge in [-0.1, -0.05) is 121 Å². The summed E-state index contributed by atoms with van der Waals surface area (Å²) < 4.78 is 46.3. The summed E-state index contributed by atoms with van der Waals surface area (Å²) in [5, 5.41) is 0. The van der Waals surface area contributed by atoms with E-state index in [2.05, 4.69) is 38.2 Å². The predicted molar refractivity (Wildman–Crippen MR) is 186 cm³/mol. The molecule has 0 amide bonds. The molecule has 1 aromatic carbocycles. The Kier molecular flexibility index (Phi) is 29.7. The van der Waals surface area contributed by atoms with Gasteiger partial charge in [-0.05, 0) is 76.3 Å². The molecule has 0 N–H and O–H groups in total. The van der Waals surface area contributed by atoms with Crippen molar-refractivity contribution in [2.45, 2.75) is 160 Å². The van der Waals surface area contributed by atoms with E-state index in [-0.39, 0.29) is 48.3 Å². The molecule has 47 heavy (non-hydrogen) atoms. The molecule has 0 aliphatic rings. The molecule has 0 heterocycles. The first-order valence-electron chi connectivity index (χ1n) is 18.1. The van der Waals surface area contributed by atoms with Crippen LogP contribution in [-0.2, 0) is 19.6 Å². The number of hydrogen-bond donors (Lipinski definition) is 0. The van der Waals surface area contributed by atoms with E-state index < -0.39 is 32.5 Å². The van der Waals surface area contributed by atoms with Crippen LogP contribution in [0.15, 0.2) is 47.4 Å². The summed E-state index contributed by atoms with van der Waals surface area (Å²) in [4.78, 5) is 25.0. The molecule has 0 spiro atoms. The Bertz CT molecular complexity index is 1120. The summed E-state index contributed by atoms with van der Waals surface area (Å²) in [6, 6.07) is 3.56. The largest absolute Gasteiger partial charge is 1.00 e. The van der Waals surface area contributed by atoms with Crippen LogP contribution in [0.1, 0.15) is 176 Å². The van der Waals surface area contributed by atoms with Gasteiger partial charge >= 0.3 is 41.5 Å². The van der Waals surface area contributed by atoms with Crippen molar-refractivity contribution in [2.75, 3.05) is 13.2 Å². The second-order valence-electron chi connectivity index (χ2n) is 12.2. The number of carbonyl (C=O) groups excluding carboxylic acids is 2. The SMILES string of the molecule is CCCCCCCCC/C=C/CCCCOC(=O)c1cccc(S(=O)(=O)[O-])c1C(=O)OCCCC/C=C/CCCCCCCCC.[Na+]. The van der Waals surface area contributed by atoms with E-state index >= 15 is 0 Å². The van der Waals surface area contributed by atoms with Crippen molar-refractivity contribution < 1.29 is 61.6 Å². The first kappa shape index (κ1) is 45.6. The van der Waals surface area contributed by atoms with Crippen LogP contribution in [0.4, 0.5) is 0 Å². The molecular weight excluding hydrogens is 623 g/mol. The van der Waals surface area contributed by atoms with Gasteiger partial charge in [-0.3, -0.25) is 0 Å². The van der Waals surface area contributed by atoms with Crippen LogP contribution in [-0.4, -0.2) is 38.1 Å². The van der Waals surface area contributed by atoms with Crippen molar-refractivity contribution in [3.8, 4) is 0 Å². The molecule has 1 rings (SSSR count). The first-order chi connectivity index (χ1) is 22.3. The number of esters is 2.